The van der Waals surface area contributed by atoms with Crippen LogP contribution in [0.2, 0.25) is 0 Å². The quantitative estimate of drug-likeness (QED) is 0.0559. The van der Waals surface area contributed by atoms with Crippen LogP contribution < -0.4 is 49.3 Å². The van der Waals surface area contributed by atoms with E-state index in [-0.39, 0.29) is 53.8 Å². The van der Waals surface area contributed by atoms with Crippen molar-refractivity contribution in [2.45, 2.75) is 55.9 Å². The molecule has 1 unspecified atom stereocenters. The third-order valence-electron chi connectivity index (χ3n) is 9.11. The van der Waals surface area contributed by atoms with Gasteiger partial charge in [-0.2, -0.15) is 0 Å². The fraction of sp³-hybridized carbons (Fsp3) is 0.385. The second kappa shape index (κ2) is 22.3. The fourth-order valence-corrected chi connectivity index (χ4v) is 11.9. The van der Waals surface area contributed by atoms with Gasteiger partial charge in [0, 0.05) is 25.1 Å². The number of unbranched alkanes of at least 4 members (excludes halogenated alkanes) is 2. The van der Waals surface area contributed by atoms with Gasteiger partial charge >= 0.3 is 11.9 Å². The van der Waals surface area contributed by atoms with E-state index in [2.05, 4.69) is 92.9 Å². The number of benzene rings is 3. The summed E-state index contributed by atoms with van der Waals surface area (Å²) >= 11 is 1.09. The Balaban J connectivity index is 0.00000784. The van der Waals surface area contributed by atoms with Crippen molar-refractivity contribution in [1.29, 1.82) is 0 Å². The van der Waals surface area contributed by atoms with Gasteiger partial charge < -0.3 is 42.8 Å². The molecule has 3 aromatic carbocycles. The smallest absolute Gasteiger partial charge is 0.325 e. The summed E-state index contributed by atoms with van der Waals surface area (Å²) in [6.07, 6.45) is 3.10. The van der Waals surface area contributed by atoms with Gasteiger partial charge in [-0.15, -0.1) is 11.8 Å². The molecule has 0 radical (unpaired) electrons. The largest absolute Gasteiger partial charge is 1.00 e. The summed E-state index contributed by atoms with van der Waals surface area (Å²) in [6.45, 7) is -0.123. The van der Waals surface area contributed by atoms with E-state index in [0.717, 1.165) is 30.8 Å². The average Bonchev–Trinajstić information content (AvgIpc) is 3.47. The number of halogens is 1. The molecular weight excluding hydrogens is 795 g/mol. The average molecular weight is 844 g/mol. The molecule has 0 aliphatic carbocycles. The summed E-state index contributed by atoms with van der Waals surface area (Å²) in [7, 11) is 0.382. The molecule has 4 N–H and O–H groups in total. The van der Waals surface area contributed by atoms with Crippen LogP contribution >= 0.6 is 19.0 Å². The molecule has 1 aliphatic heterocycles. The molecule has 12 nitrogen and oxygen atoms in total. The summed E-state index contributed by atoms with van der Waals surface area (Å²) in [5, 5.41) is 8.20. The van der Waals surface area contributed by atoms with Crippen LogP contribution in [0.1, 0.15) is 38.5 Å². The number of methoxy groups -OCH3 is 2. The number of esters is 2. The predicted octanol–water partition coefficient (Wildman–Crippen LogP) is -0.930. The maximum Gasteiger partial charge on any atom is 0.325 e. The Morgan fingerprint density at radius 1 is 0.852 bits per heavy atom. The minimum absolute atomic E-state index is 0. The Morgan fingerprint density at radius 3 is 1.93 bits per heavy atom. The number of carbonyl (C=O) groups is 6. The molecule has 15 heteroatoms. The Labute approximate surface area is 331 Å². The lowest BCUT2D eigenvalue weighted by Gasteiger charge is -2.27. The van der Waals surface area contributed by atoms with Crippen molar-refractivity contribution in [2.75, 3.05) is 39.2 Å². The number of likely N-dealkylation sites (tertiary alicyclic amines) is 1. The number of nitrogens with one attached hydrogen (secondary N) is 2. The van der Waals surface area contributed by atoms with Crippen molar-refractivity contribution in [2.24, 2.45) is 5.73 Å². The van der Waals surface area contributed by atoms with E-state index in [4.69, 9.17) is 5.73 Å². The predicted molar refractivity (Wildman–Crippen MR) is 208 cm³/mol. The van der Waals surface area contributed by atoms with E-state index < -0.39 is 54.9 Å². The molecule has 4 rings (SSSR count). The third-order valence-corrected chi connectivity index (χ3v) is 14.9. The van der Waals surface area contributed by atoms with Gasteiger partial charge in [0.25, 0.3) is 0 Å². The zero-order valence-electron chi connectivity index (χ0n) is 30.5. The van der Waals surface area contributed by atoms with Crippen molar-refractivity contribution < 1.29 is 55.2 Å². The molecule has 0 aromatic heterocycles. The van der Waals surface area contributed by atoms with Crippen molar-refractivity contribution in [1.82, 2.24) is 15.5 Å². The monoisotopic (exact) mass is 842 g/mol. The number of imide groups is 1. The molecular formula is C39H48BrN4O8PS. The first-order valence-corrected chi connectivity index (χ1v) is 20.6. The molecule has 0 bridgehead atoms. The topological polar surface area (TPSA) is 174 Å². The van der Waals surface area contributed by atoms with E-state index >= 15 is 0 Å². The highest BCUT2D eigenvalue weighted by molar-refractivity contribution is 8.00. The summed E-state index contributed by atoms with van der Waals surface area (Å²) in [5.41, 5.74) is 5.73. The zero-order valence-corrected chi connectivity index (χ0v) is 33.8. The van der Waals surface area contributed by atoms with Gasteiger partial charge in [-0.3, -0.25) is 33.7 Å². The maximum atomic E-state index is 13.4. The molecule has 0 spiro atoms. The standard InChI is InChI=1S/C39H47N4O8PS.BrH/c1-50-36(46)26-41-37(47)32(42-34(44)22-21-31(40)39(49)51-2)27-53-33-25-35(45)43(38(33)48)23-13-6-14-24-52(28-15-7-3-8-16-28,29-17-9-4-10-18-29)30-19-11-5-12-20-30;/h3-5,7-12,15-20,31-33H,6,13-14,21-27,40H2,1-2H3,(H-,41,42,44,47);1H/t31-,32-,33?;/m0./s1. The Kier molecular flexibility index (Phi) is 18.3. The van der Waals surface area contributed by atoms with Crippen LogP contribution in [0.3, 0.4) is 0 Å². The maximum absolute atomic E-state index is 13.4. The first-order valence-electron chi connectivity index (χ1n) is 17.6. The van der Waals surface area contributed by atoms with Crippen molar-refractivity contribution in [3.63, 3.8) is 0 Å². The van der Waals surface area contributed by atoms with Crippen LogP contribution in [0.4, 0.5) is 0 Å². The van der Waals surface area contributed by atoms with E-state index in [1.165, 1.54) is 35.0 Å². The molecule has 3 atom stereocenters. The fourth-order valence-electron chi connectivity index (χ4n) is 6.27. The number of rotatable bonds is 20. The summed E-state index contributed by atoms with van der Waals surface area (Å²) < 4.78 is 9.16. The van der Waals surface area contributed by atoms with Gasteiger partial charge in [0.15, 0.2) is 0 Å². The summed E-state index contributed by atoms with van der Waals surface area (Å²) in [6, 6.07) is 29.8. The number of hydrogen-bond donors (Lipinski definition) is 3. The van der Waals surface area contributed by atoms with Crippen LogP contribution in [-0.4, -0.2) is 97.0 Å². The number of thioether (sulfide) groups is 1. The Bertz CT molecular complexity index is 1610. The second-order valence-electron chi connectivity index (χ2n) is 12.6. The molecule has 1 fully saturated rings. The lowest BCUT2D eigenvalue weighted by Crippen LogP contribution is -3.00. The lowest BCUT2D eigenvalue weighted by atomic mass is 10.1. The molecule has 1 saturated heterocycles. The summed E-state index contributed by atoms with van der Waals surface area (Å²) in [4.78, 5) is 76.6. The van der Waals surface area contributed by atoms with Gasteiger partial charge in [-0.1, -0.05) is 54.6 Å². The molecule has 4 amide bonds. The summed E-state index contributed by atoms with van der Waals surface area (Å²) in [5.74, 6) is -3.22. The molecule has 290 valence electrons. The molecule has 1 aliphatic rings. The van der Waals surface area contributed by atoms with Crippen molar-refractivity contribution >= 4 is 70.5 Å². The second-order valence-corrected chi connectivity index (χ2v) is 17.4. The van der Waals surface area contributed by atoms with Gasteiger partial charge in [0.1, 0.15) is 41.8 Å². The number of nitrogens with two attached hydrogens (primary N) is 1. The number of carbonyl (C=O) groups excluding carboxylic acids is 6. The highest BCUT2D eigenvalue weighted by Gasteiger charge is 2.45. The Morgan fingerprint density at radius 2 is 1.41 bits per heavy atom. The highest BCUT2D eigenvalue weighted by Crippen LogP contribution is 2.56. The van der Waals surface area contributed by atoms with Crippen LogP contribution in [0, 0.1) is 0 Å². The SMILES string of the molecule is COC(=O)CNC(=O)[C@H](CSC1CC(=O)N(CCCCC[P+](c2ccccc2)(c2ccccc2)c2ccccc2)C1=O)NC(=O)CC[C@H](N)C(=O)OC.[Br-]. The van der Waals surface area contributed by atoms with Gasteiger partial charge in [0.2, 0.25) is 23.6 Å². The molecule has 3 aromatic rings. The van der Waals surface area contributed by atoms with E-state index in [0.29, 0.717) is 13.0 Å². The van der Waals surface area contributed by atoms with E-state index in [9.17, 15) is 28.8 Å². The number of ether oxygens (including phenoxy) is 2. The Hall–Kier alpha value is -4.10. The van der Waals surface area contributed by atoms with E-state index in [1.807, 2.05) is 18.2 Å². The molecule has 0 saturated carbocycles. The van der Waals surface area contributed by atoms with Crippen LogP contribution in [0.25, 0.3) is 0 Å². The minimum atomic E-state index is -1.98. The number of hydrogen-bond acceptors (Lipinski definition) is 10. The van der Waals surface area contributed by atoms with Crippen molar-refractivity contribution in [3.8, 4) is 0 Å². The highest BCUT2D eigenvalue weighted by atomic mass is 79.9. The van der Waals surface area contributed by atoms with Crippen LogP contribution in [0.5, 0.6) is 0 Å². The first-order chi connectivity index (χ1) is 25.6. The van der Waals surface area contributed by atoms with Gasteiger partial charge in [-0.05, 0) is 62.1 Å². The van der Waals surface area contributed by atoms with Crippen LogP contribution in [0.15, 0.2) is 91.0 Å². The first kappa shape index (κ1) is 44.3. The van der Waals surface area contributed by atoms with Crippen molar-refractivity contribution in [3.05, 3.63) is 91.0 Å². The van der Waals surface area contributed by atoms with E-state index in [1.54, 1.807) is 0 Å². The third kappa shape index (κ3) is 11.9. The van der Waals surface area contributed by atoms with Crippen LogP contribution in [-0.2, 0) is 38.2 Å². The van der Waals surface area contributed by atoms with Gasteiger partial charge in [-0.25, -0.2) is 0 Å². The number of nitrogens with zero attached hydrogens (tertiary/aromatic N) is 1. The lowest BCUT2D eigenvalue weighted by molar-refractivity contribution is -0.142. The molecule has 54 heavy (non-hydrogen) atoms. The zero-order chi connectivity index (χ0) is 38.2. The minimum Gasteiger partial charge on any atom is -1.00 e. The number of amides is 4. The van der Waals surface area contributed by atoms with Gasteiger partial charge in [0.05, 0.1) is 25.6 Å². The molecule has 1 heterocycles. The normalized spacial score (nSPS) is 15.1.